The molecule has 3 aromatic rings. The Balaban J connectivity index is 1.57. The smallest absolute Gasteiger partial charge is 0.220 e. The Morgan fingerprint density at radius 2 is 1.62 bits per heavy atom. The van der Waals surface area contributed by atoms with Gasteiger partial charge in [0, 0.05) is 6.42 Å². The lowest BCUT2D eigenvalue weighted by Gasteiger charge is -2.16. The molecule has 122 valence electrons. The molecule has 0 saturated carbocycles. The highest BCUT2D eigenvalue weighted by atomic mass is 16.1. The van der Waals surface area contributed by atoms with Crippen LogP contribution in [-0.4, -0.2) is 5.91 Å². The van der Waals surface area contributed by atoms with E-state index in [0.717, 1.165) is 12.8 Å². The van der Waals surface area contributed by atoms with Gasteiger partial charge in [-0.2, -0.15) is 0 Å². The summed E-state index contributed by atoms with van der Waals surface area (Å²) in [6.45, 7) is 2.05. The lowest BCUT2D eigenvalue weighted by Crippen LogP contribution is -2.26. The first-order valence-corrected chi connectivity index (χ1v) is 8.55. The fourth-order valence-corrected chi connectivity index (χ4v) is 3.12. The Morgan fingerprint density at radius 1 is 0.917 bits per heavy atom. The molecule has 0 fully saturated rings. The van der Waals surface area contributed by atoms with Crippen LogP contribution in [0.1, 0.15) is 36.9 Å². The highest BCUT2D eigenvalue weighted by Gasteiger charge is 2.12. The Hall–Kier alpha value is -2.61. The Morgan fingerprint density at radius 3 is 2.46 bits per heavy atom. The van der Waals surface area contributed by atoms with Crippen LogP contribution in [0.4, 0.5) is 0 Å². The van der Waals surface area contributed by atoms with E-state index < -0.39 is 0 Å². The van der Waals surface area contributed by atoms with E-state index in [9.17, 15) is 4.79 Å². The second kappa shape index (κ2) is 7.78. The minimum atomic E-state index is 0.0142. The maximum Gasteiger partial charge on any atom is 0.220 e. The van der Waals surface area contributed by atoms with E-state index >= 15 is 0 Å². The molecule has 0 aliphatic rings. The standard InChI is InChI=1S/C22H23NO/c1-17(20-15-8-13-19-12-5-6-14-21(19)20)23-22(24)16-7-11-18-9-3-2-4-10-18/h2-6,8-10,12-15,17H,7,11,16H2,1H3,(H,23,24)/t17-/m0/s1. The summed E-state index contributed by atoms with van der Waals surface area (Å²) in [5.41, 5.74) is 2.46. The van der Waals surface area contributed by atoms with Gasteiger partial charge in [0.05, 0.1) is 6.04 Å². The van der Waals surface area contributed by atoms with Gasteiger partial charge in [0.25, 0.3) is 0 Å². The van der Waals surface area contributed by atoms with Crippen molar-refractivity contribution < 1.29 is 4.79 Å². The van der Waals surface area contributed by atoms with Gasteiger partial charge in [0.1, 0.15) is 0 Å². The van der Waals surface area contributed by atoms with Gasteiger partial charge in [-0.05, 0) is 41.7 Å². The first-order chi connectivity index (χ1) is 11.7. The van der Waals surface area contributed by atoms with Crippen molar-refractivity contribution in [1.29, 1.82) is 0 Å². The van der Waals surface area contributed by atoms with Crippen molar-refractivity contribution in [1.82, 2.24) is 5.32 Å². The first-order valence-electron chi connectivity index (χ1n) is 8.55. The van der Waals surface area contributed by atoms with Crippen LogP contribution >= 0.6 is 0 Å². The highest BCUT2D eigenvalue weighted by Crippen LogP contribution is 2.24. The molecule has 0 saturated heterocycles. The van der Waals surface area contributed by atoms with Crippen LogP contribution in [-0.2, 0) is 11.2 Å². The fraction of sp³-hybridized carbons (Fsp3) is 0.227. The van der Waals surface area contributed by atoms with Gasteiger partial charge in [-0.25, -0.2) is 0 Å². The topological polar surface area (TPSA) is 29.1 Å². The number of aryl methyl sites for hydroxylation is 1. The van der Waals surface area contributed by atoms with E-state index in [0.29, 0.717) is 6.42 Å². The fourth-order valence-electron chi connectivity index (χ4n) is 3.12. The summed E-state index contributed by atoms with van der Waals surface area (Å²) >= 11 is 0. The molecule has 0 aromatic heterocycles. The van der Waals surface area contributed by atoms with Crippen molar-refractivity contribution in [2.24, 2.45) is 0 Å². The molecule has 2 nitrogen and oxygen atoms in total. The molecular weight excluding hydrogens is 294 g/mol. The van der Waals surface area contributed by atoms with Gasteiger partial charge < -0.3 is 5.32 Å². The summed E-state index contributed by atoms with van der Waals surface area (Å²) in [7, 11) is 0. The monoisotopic (exact) mass is 317 g/mol. The number of amides is 1. The largest absolute Gasteiger partial charge is 0.350 e. The van der Waals surface area contributed by atoms with Gasteiger partial charge in [0.15, 0.2) is 0 Å². The number of benzene rings is 3. The Labute approximate surface area is 143 Å². The molecule has 24 heavy (non-hydrogen) atoms. The summed E-state index contributed by atoms with van der Waals surface area (Å²) in [5, 5.41) is 5.55. The van der Waals surface area contributed by atoms with Gasteiger partial charge >= 0.3 is 0 Å². The predicted molar refractivity (Wildman–Crippen MR) is 99.9 cm³/mol. The minimum Gasteiger partial charge on any atom is -0.350 e. The third kappa shape index (κ3) is 4.02. The van der Waals surface area contributed by atoms with Crippen molar-refractivity contribution >= 4 is 16.7 Å². The molecule has 1 atom stereocenters. The second-order valence-corrected chi connectivity index (χ2v) is 6.20. The van der Waals surface area contributed by atoms with Crippen molar-refractivity contribution in [2.75, 3.05) is 0 Å². The molecule has 0 radical (unpaired) electrons. The third-order valence-electron chi connectivity index (χ3n) is 4.38. The average Bonchev–Trinajstić information content (AvgIpc) is 2.62. The van der Waals surface area contributed by atoms with Crippen molar-refractivity contribution in [3.05, 3.63) is 83.9 Å². The van der Waals surface area contributed by atoms with Gasteiger partial charge in [0.2, 0.25) is 5.91 Å². The van der Waals surface area contributed by atoms with Crippen LogP contribution in [0.3, 0.4) is 0 Å². The normalized spacial score (nSPS) is 12.0. The summed E-state index contributed by atoms with van der Waals surface area (Å²) in [6, 6.07) is 24.9. The zero-order valence-electron chi connectivity index (χ0n) is 14.0. The van der Waals surface area contributed by atoms with Crippen LogP contribution in [0.5, 0.6) is 0 Å². The average molecular weight is 317 g/mol. The van der Waals surface area contributed by atoms with Crippen LogP contribution in [0.15, 0.2) is 72.8 Å². The van der Waals surface area contributed by atoms with Crippen LogP contribution in [0.2, 0.25) is 0 Å². The van der Waals surface area contributed by atoms with Crippen molar-refractivity contribution in [3.8, 4) is 0 Å². The van der Waals surface area contributed by atoms with Crippen molar-refractivity contribution in [2.45, 2.75) is 32.2 Å². The van der Waals surface area contributed by atoms with Crippen LogP contribution in [0, 0.1) is 0 Å². The number of carbonyl (C=O) groups excluding carboxylic acids is 1. The number of rotatable bonds is 6. The van der Waals surface area contributed by atoms with E-state index in [1.165, 1.54) is 21.9 Å². The number of fused-ring (bicyclic) bond motifs is 1. The van der Waals surface area contributed by atoms with Crippen LogP contribution in [0.25, 0.3) is 10.8 Å². The lowest BCUT2D eigenvalue weighted by molar-refractivity contribution is -0.121. The molecule has 3 rings (SSSR count). The molecule has 0 aliphatic carbocycles. The zero-order valence-corrected chi connectivity index (χ0v) is 14.0. The van der Waals surface area contributed by atoms with E-state index in [4.69, 9.17) is 0 Å². The molecule has 3 aromatic carbocycles. The van der Waals surface area contributed by atoms with E-state index in [-0.39, 0.29) is 11.9 Å². The molecule has 0 heterocycles. The molecule has 1 amide bonds. The van der Waals surface area contributed by atoms with E-state index in [1.807, 2.05) is 30.3 Å². The summed E-state index contributed by atoms with van der Waals surface area (Å²) in [6.07, 6.45) is 2.37. The number of carbonyl (C=O) groups is 1. The summed E-state index contributed by atoms with van der Waals surface area (Å²) in [5.74, 6) is 0.117. The first kappa shape index (κ1) is 16.3. The maximum atomic E-state index is 12.2. The number of nitrogens with one attached hydrogen (secondary N) is 1. The van der Waals surface area contributed by atoms with Gasteiger partial charge in [-0.1, -0.05) is 72.8 Å². The third-order valence-corrected chi connectivity index (χ3v) is 4.38. The molecule has 0 bridgehead atoms. The summed E-state index contributed by atoms with van der Waals surface area (Å²) in [4.78, 5) is 12.2. The van der Waals surface area contributed by atoms with Crippen LogP contribution < -0.4 is 5.32 Å². The van der Waals surface area contributed by atoms with Gasteiger partial charge in [-0.15, -0.1) is 0 Å². The van der Waals surface area contributed by atoms with Crippen molar-refractivity contribution in [3.63, 3.8) is 0 Å². The molecule has 2 heteroatoms. The summed E-state index contributed by atoms with van der Waals surface area (Å²) < 4.78 is 0. The van der Waals surface area contributed by atoms with Gasteiger partial charge in [-0.3, -0.25) is 4.79 Å². The SMILES string of the molecule is C[C@H](NC(=O)CCCc1ccccc1)c1cccc2ccccc12. The van der Waals surface area contributed by atoms with E-state index in [1.54, 1.807) is 0 Å². The van der Waals surface area contributed by atoms with E-state index in [2.05, 4.69) is 54.7 Å². The molecule has 0 spiro atoms. The molecule has 0 aliphatic heterocycles. The number of hydrogen-bond donors (Lipinski definition) is 1. The maximum absolute atomic E-state index is 12.2. The minimum absolute atomic E-state index is 0.0142. The Kier molecular flexibility index (Phi) is 5.27. The lowest BCUT2D eigenvalue weighted by atomic mass is 9.99. The molecular formula is C22H23NO. The number of hydrogen-bond acceptors (Lipinski definition) is 1. The Bertz CT molecular complexity index is 805. The quantitative estimate of drug-likeness (QED) is 0.678. The predicted octanol–water partition coefficient (Wildman–Crippen LogP) is 5.04. The zero-order chi connectivity index (χ0) is 16.8. The highest BCUT2D eigenvalue weighted by molar-refractivity contribution is 5.86. The molecule has 0 unspecified atom stereocenters. The second-order valence-electron chi connectivity index (χ2n) is 6.20. The molecule has 1 N–H and O–H groups in total.